The van der Waals surface area contributed by atoms with Crippen molar-refractivity contribution in [1.82, 2.24) is 15.4 Å². The van der Waals surface area contributed by atoms with E-state index in [0.29, 0.717) is 23.8 Å². The number of carbonyl (C=O) groups is 4. The van der Waals surface area contributed by atoms with Crippen LogP contribution in [0.2, 0.25) is 5.02 Å². The lowest BCUT2D eigenvalue weighted by atomic mass is 9.85. The highest BCUT2D eigenvalue weighted by Crippen LogP contribution is 2.41. The second-order valence-corrected chi connectivity index (χ2v) is 15.1. The Morgan fingerprint density at radius 2 is 1.82 bits per heavy atom. The van der Waals surface area contributed by atoms with Crippen molar-refractivity contribution < 1.29 is 28.7 Å². The van der Waals surface area contributed by atoms with Crippen LogP contribution in [0.1, 0.15) is 102 Å². The van der Waals surface area contributed by atoms with Crippen molar-refractivity contribution in [3.8, 4) is 0 Å². The zero-order chi connectivity index (χ0) is 31.8. The van der Waals surface area contributed by atoms with Crippen LogP contribution >= 0.6 is 23.5 Å². The van der Waals surface area contributed by atoms with Crippen LogP contribution < -0.4 is 15.4 Å². The molecule has 1 heterocycles. The molecular weight excluding hydrogens is 614 g/mol. The molecular formula is C34H48ClN3O6S. The first-order valence-corrected chi connectivity index (χ1v) is 18.1. The molecule has 3 N–H and O–H groups in total. The molecule has 5 atom stereocenters. The first-order valence-electron chi connectivity index (χ1n) is 16.8. The standard InChI is InChI=1S/C34H48ClN3O6S/c1-43-32(41)27(20-25-21-34(37-30(25)39)15-5-6-16-34)36-31(40)29(19-22-9-3-2-4-10-22)45-38-33(42)44-28-14-8-12-24(28)17-23-11-7-13-26(35)18-23/h7,11,13,18,22,24-25,27-29H,2-6,8-10,12,14-17,19-21H2,1H3,(H,36,40)(H,37,39)(H,38,42)/t24?,25?,27?,28?,29-/m0/s1. The number of hydrogen-bond acceptors (Lipinski definition) is 7. The minimum Gasteiger partial charge on any atom is -0.467 e. The SMILES string of the molecule is COC(=O)C(CC1CC2(CCCC2)NC1=O)NC(=O)[C@H](CC1CCCCC1)SNC(=O)OC1CCCC1Cc1cccc(Cl)c1. The molecule has 11 heteroatoms. The van der Waals surface area contributed by atoms with E-state index < -0.39 is 23.4 Å². The summed E-state index contributed by atoms with van der Waals surface area (Å²) in [5, 5.41) is 6.16. The van der Waals surface area contributed by atoms with E-state index in [1.54, 1.807) is 0 Å². The van der Waals surface area contributed by atoms with Crippen molar-refractivity contribution in [2.24, 2.45) is 17.8 Å². The number of rotatable bonds is 12. The molecule has 1 spiro atoms. The van der Waals surface area contributed by atoms with Gasteiger partial charge in [-0.2, -0.15) is 0 Å². The predicted octanol–water partition coefficient (Wildman–Crippen LogP) is 6.26. The van der Waals surface area contributed by atoms with Crippen LogP contribution in [0.4, 0.5) is 4.79 Å². The zero-order valence-electron chi connectivity index (χ0n) is 26.3. The molecule has 3 aliphatic carbocycles. The normalized spacial score (nSPS) is 25.8. The fraction of sp³-hybridized carbons (Fsp3) is 0.706. The summed E-state index contributed by atoms with van der Waals surface area (Å²) in [5.41, 5.74) is 0.943. The number of benzene rings is 1. The first kappa shape index (κ1) is 33.9. The zero-order valence-corrected chi connectivity index (χ0v) is 27.9. The third-order valence-electron chi connectivity index (χ3n) is 10.4. The Labute approximate surface area is 276 Å². The van der Waals surface area contributed by atoms with E-state index >= 15 is 0 Å². The smallest absolute Gasteiger partial charge is 0.417 e. The fourth-order valence-corrected chi connectivity index (χ4v) is 9.07. The maximum atomic E-state index is 13.7. The molecule has 248 valence electrons. The van der Waals surface area contributed by atoms with Gasteiger partial charge in [-0.25, -0.2) is 9.59 Å². The van der Waals surface area contributed by atoms with Gasteiger partial charge in [0.2, 0.25) is 11.8 Å². The van der Waals surface area contributed by atoms with Gasteiger partial charge in [0.05, 0.1) is 7.11 Å². The van der Waals surface area contributed by atoms with Gasteiger partial charge in [-0.3, -0.25) is 14.3 Å². The molecule has 5 rings (SSSR count). The highest BCUT2D eigenvalue weighted by atomic mass is 35.5. The van der Waals surface area contributed by atoms with E-state index in [9.17, 15) is 19.2 Å². The van der Waals surface area contributed by atoms with E-state index in [1.807, 2.05) is 24.3 Å². The molecule has 1 aromatic rings. The summed E-state index contributed by atoms with van der Waals surface area (Å²) in [6.07, 6.45) is 13.8. The van der Waals surface area contributed by atoms with Gasteiger partial charge in [-0.05, 0) is 93.3 Å². The number of esters is 1. The molecule has 4 fully saturated rings. The van der Waals surface area contributed by atoms with Crippen molar-refractivity contribution in [2.45, 2.75) is 126 Å². The number of halogens is 1. The van der Waals surface area contributed by atoms with Gasteiger partial charge in [0.1, 0.15) is 17.4 Å². The number of methoxy groups -OCH3 is 1. The van der Waals surface area contributed by atoms with E-state index in [2.05, 4.69) is 15.4 Å². The second-order valence-electron chi connectivity index (χ2n) is 13.6. The Morgan fingerprint density at radius 3 is 2.56 bits per heavy atom. The van der Waals surface area contributed by atoms with Gasteiger partial charge < -0.3 is 20.1 Å². The topological polar surface area (TPSA) is 123 Å². The Bertz CT molecular complexity index is 1200. The van der Waals surface area contributed by atoms with Crippen LogP contribution in [0.5, 0.6) is 0 Å². The van der Waals surface area contributed by atoms with Gasteiger partial charge in [0, 0.05) is 22.4 Å². The number of carbonyl (C=O) groups excluding carboxylic acids is 4. The number of nitrogens with one attached hydrogen (secondary N) is 3. The quantitative estimate of drug-likeness (QED) is 0.178. The van der Waals surface area contributed by atoms with Crippen molar-refractivity contribution in [1.29, 1.82) is 0 Å². The average molecular weight is 662 g/mol. The van der Waals surface area contributed by atoms with Gasteiger partial charge >= 0.3 is 12.1 Å². The highest BCUT2D eigenvalue weighted by molar-refractivity contribution is 7.99. The third-order valence-corrected chi connectivity index (χ3v) is 11.6. The summed E-state index contributed by atoms with van der Waals surface area (Å²) in [6.45, 7) is 0. The van der Waals surface area contributed by atoms with Crippen LogP contribution in [0.3, 0.4) is 0 Å². The van der Waals surface area contributed by atoms with Crippen molar-refractivity contribution in [3.63, 3.8) is 0 Å². The summed E-state index contributed by atoms with van der Waals surface area (Å²) >= 11 is 7.23. The lowest BCUT2D eigenvalue weighted by Gasteiger charge is -2.27. The van der Waals surface area contributed by atoms with Gasteiger partial charge in [0.15, 0.2) is 0 Å². The molecule has 4 unspecified atom stereocenters. The molecule has 1 aromatic carbocycles. The van der Waals surface area contributed by atoms with E-state index in [0.717, 1.165) is 94.6 Å². The van der Waals surface area contributed by atoms with Crippen LogP contribution in [-0.2, 0) is 30.3 Å². The lowest BCUT2D eigenvalue weighted by molar-refractivity contribution is -0.145. The fourth-order valence-electron chi connectivity index (χ4n) is 8.03. The monoisotopic (exact) mass is 661 g/mol. The Kier molecular flexibility index (Phi) is 12.0. The average Bonchev–Trinajstić information content (AvgIpc) is 3.75. The molecule has 0 aromatic heterocycles. The summed E-state index contributed by atoms with van der Waals surface area (Å²) < 4.78 is 13.7. The molecule has 1 saturated heterocycles. The second kappa shape index (κ2) is 15.9. The lowest BCUT2D eigenvalue weighted by Crippen LogP contribution is -2.47. The summed E-state index contributed by atoms with van der Waals surface area (Å²) in [7, 11) is 1.29. The Hall–Kier alpha value is -2.46. The van der Waals surface area contributed by atoms with Crippen LogP contribution in [-0.4, -0.2) is 53.9 Å². The van der Waals surface area contributed by atoms with Crippen LogP contribution in [0, 0.1) is 17.8 Å². The number of ether oxygens (including phenoxy) is 2. The first-order chi connectivity index (χ1) is 21.7. The molecule has 3 saturated carbocycles. The van der Waals surface area contributed by atoms with E-state index in [-0.39, 0.29) is 41.7 Å². The molecule has 9 nitrogen and oxygen atoms in total. The van der Waals surface area contributed by atoms with Gasteiger partial charge in [-0.15, -0.1) is 0 Å². The Morgan fingerprint density at radius 1 is 1.04 bits per heavy atom. The minimum absolute atomic E-state index is 0.0572. The molecule has 0 radical (unpaired) electrons. The van der Waals surface area contributed by atoms with E-state index in [4.69, 9.17) is 21.1 Å². The number of amides is 3. The maximum Gasteiger partial charge on any atom is 0.417 e. The van der Waals surface area contributed by atoms with Crippen molar-refractivity contribution >= 4 is 47.4 Å². The molecule has 45 heavy (non-hydrogen) atoms. The van der Waals surface area contributed by atoms with Crippen LogP contribution in [0.25, 0.3) is 0 Å². The van der Waals surface area contributed by atoms with Gasteiger partial charge in [0.25, 0.3) is 0 Å². The summed E-state index contributed by atoms with van der Waals surface area (Å²) in [5.74, 6) is -0.762. The molecule has 1 aliphatic heterocycles. The van der Waals surface area contributed by atoms with Gasteiger partial charge in [-0.1, -0.05) is 68.7 Å². The van der Waals surface area contributed by atoms with Crippen LogP contribution in [0.15, 0.2) is 24.3 Å². The highest BCUT2D eigenvalue weighted by Gasteiger charge is 2.47. The Balaban J connectivity index is 1.19. The maximum absolute atomic E-state index is 13.7. The van der Waals surface area contributed by atoms with E-state index in [1.165, 1.54) is 13.5 Å². The summed E-state index contributed by atoms with van der Waals surface area (Å²) in [4.78, 5) is 52.5. The van der Waals surface area contributed by atoms with Crippen molar-refractivity contribution in [3.05, 3.63) is 34.9 Å². The molecule has 0 bridgehead atoms. The summed E-state index contributed by atoms with van der Waals surface area (Å²) in [6, 6.07) is 6.83. The van der Waals surface area contributed by atoms with Crippen molar-refractivity contribution in [2.75, 3.05) is 7.11 Å². The predicted molar refractivity (Wildman–Crippen MR) is 174 cm³/mol. The molecule has 4 aliphatic rings. The minimum atomic E-state index is -0.943. The largest absolute Gasteiger partial charge is 0.467 e. The third kappa shape index (κ3) is 9.31. The molecule has 3 amide bonds. The number of hydrogen-bond donors (Lipinski definition) is 3.